The van der Waals surface area contributed by atoms with Crippen LogP contribution in [0.2, 0.25) is 0 Å². The molecule has 25 heavy (non-hydrogen) atoms. The Morgan fingerprint density at radius 1 is 1.08 bits per heavy atom. The third-order valence-electron chi connectivity index (χ3n) is 4.64. The molecule has 3 aromatic rings. The molecular formula is C21H26N2S2. The minimum atomic E-state index is 0.0158. The summed E-state index contributed by atoms with van der Waals surface area (Å²) in [7, 11) is 0. The van der Waals surface area contributed by atoms with Crippen molar-refractivity contribution in [2.75, 3.05) is 0 Å². The Morgan fingerprint density at radius 2 is 1.88 bits per heavy atom. The van der Waals surface area contributed by atoms with Crippen LogP contribution in [0, 0.1) is 0 Å². The van der Waals surface area contributed by atoms with E-state index in [2.05, 4.69) is 74.4 Å². The van der Waals surface area contributed by atoms with Gasteiger partial charge in [0.2, 0.25) is 0 Å². The summed E-state index contributed by atoms with van der Waals surface area (Å²) in [5.41, 5.74) is 2.58. The third kappa shape index (κ3) is 4.01. The van der Waals surface area contributed by atoms with E-state index in [9.17, 15) is 0 Å². The Labute approximate surface area is 159 Å². The molecule has 4 heteroatoms. The van der Waals surface area contributed by atoms with Gasteiger partial charge >= 0.3 is 0 Å². The summed E-state index contributed by atoms with van der Waals surface area (Å²) < 4.78 is 0. The number of nitrogens with zero attached hydrogens (tertiary/aromatic N) is 2. The maximum Gasteiger partial charge on any atom is 0.0953 e. The van der Waals surface area contributed by atoms with Gasteiger partial charge in [-0.2, -0.15) is 0 Å². The fourth-order valence-electron chi connectivity index (χ4n) is 2.90. The summed E-state index contributed by atoms with van der Waals surface area (Å²) in [5.74, 6) is 0.926. The van der Waals surface area contributed by atoms with Crippen molar-refractivity contribution >= 4 is 22.7 Å². The number of rotatable bonds is 6. The molecule has 2 nitrogen and oxygen atoms in total. The molecule has 0 amide bonds. The van der Waals surface area contributed by atoms with Crippen molar-refractivity contribution in [2.45, 2.75) is 58.3 Å². The first-order valence-corrected chi connectivity index (χ1v) is 10.5. The van der Waals surface area contributed by atoms with Gasteiger partial charge in [-0.1, -0.05) is 40.7 Å². The van der Waals surface area contributed by atoms with Crippen molar-refractivity contribution in [3.8, 4) is 0 Å². The second-order valence-electron chi connectivity index (χ2n) is 7.52. The van der Waals surface area contributed by atoms with Gasteiger partial charge in [0.1, 0.15) is 0 Å². The zero-order valence-electron chi connectivity index (χ0n) is 15.6. The number of thiazole rings is 1. The molecule has 0 bridgehead atoms. The first-order valence-electron chi connectivity index (χ1n) is 8.83. The van der Waals surface area contributed by atoms with Crippen LogP contribution in [0.5, 0.6) is 0 Å². The molecule has 3 aromatic heterocycles. The van der Waals surface area contributed by atoms with Gasteiger partial charge in [-0.15, -0.1) is 22.7 Å². The molecule has 1 unspecified atom stereocenters. The predicted octanol–water partition coefficient (Wildman–Crippen LogP) is 6.40. The number of hydrogen-bond donors (Lipinski definition) is 0. The highest BCUT2D eigenvalue weighted by Crippen LogP contribution is 2.39. The van der Waals surface area contributed by atoms with Crippen LogP contribution in [-0.2, 0) is 11.8 Å². The molecule has 1 atom stereocenters. The van der Waals surface area contributed by atoms with Crippen molar-refractivity contribution in [3.05, 3.63) is 68.1 Å². The third-order valence-corrected chi connectivity index (χ3v) is 7.56. The van der Waals surface area contributed by atoms with Crippen molar-refractivity contribution in [1.29, 1.82) is 0 Å². The average molecular weight is 371 g/mol. The molecule has 0 aliphatic rings. The zero-order valence-corrected chi connectivity index (χ0v) is 17.2. The molecule has 0 radical (unpaired) electrons. The summed E-state index contributed by atoms with van der Waals surface area (Å²) in [6.07, 6.45) is 4.98. The monoisotopic (exact) mass is 370 g/mol. The zero-order chi connectivity index (χ0) is 18.0. The molecule has 0 saturated carbocycles. The van der Waals surface area contributed by atoms with E-state index < -0.39 is 0 Å². The number of thiophene rings is 1. The molecule has 0 spiro atoms. The van der Waals surface area contributed by atoms with Crippen molar-refractivity contribution in [2.24, 2.45) is 0 Å². The van der Waals surface area contributed by atoms with Crippen LogP contribution in [-0.4, -0.2) is 9.97 Å². The predicted molar refractivity (Wildman–Crippen MR) is 109 cm³/mol. The van der Waals surface area contributed by atoms with E-state index in [4.69, 9.17) is 0 Å². The van der Waals surface area contributed by atoms with E-state index in [1.807, 2.05) is 34.9 Å². The number of pyridine rings is 1. The largest absolute Gasteiger partial charge is 0.261 e. The summed E-state index contributed by atoms with van der Waals surface area (Å²) in [6.45, 7) is 11.3. The van der Waals surface area contributed by atoms with Crippen LogP contribution in [0.4, 0.5) is 0 Å². The van der Waals surface area contributed by atoms with Crippen LogP contribution in [0.3, 0.4) is 0 Å². The summed E-state index contributed by atoms with van der Waals surface area (Å²) in [6, 6.07) is 8.53. The normalized spacial score (nSPS) is 13.4. The maximum atomic E-state index is 4.62. The van der Waals surface area contributed by atoms with E-state index in [1.165, 1.54) is 26.0 Å². The molecular weight excluding hydrogens is 344 g/mol. The minimum absolute atomic E-state index is 0.0158. The van der Waals surface area contributed by atoms with Crippen LogP contribution >= 0.6 is 22.7 Å². The Hall–Kier alpha value is -1.52. The SMILES string of the molecule is CC(C)c1ncc(C(C)(C)c2cc(CC(C)c3ccccn3)cs2)s1. The first kappa shape index (κ1) is 18.3. The lowest BCUT2D eigenvalue weighted by Gasteiger charge is -2.21. The molecule has 0 saturated heterocycles. The van der Waals surface area contributed by atoms with Crippen LogP contribution in [0.15, 0.2) is 42.0 Å². The highest BCUT2D eigenvalue weighted by molar-refractivity contribution is 7.13. The van der Waals surface area contributed by atoms with Gasteiger partial charge in [-0.05, 0) is 35.6 Å². The van der Waals surface area contributed by atoms with Crippen molar-refractivity contribution < 1.29 is 0 Å². The summed E-state index contributed by atoms with van der Waals surface area (Å²) in [5, 5.41) is 3.53. The first-order chi connectivity index (χ1) is 11.9. The lowest BCUT2D eigenvalue weighted by Crippen LogP contribution is -2.15. The van der Waals surface area contributed by atoms with Gasteiger partial charge in [0.05, 0.1) is 5.01 Å². The number of hydrogen-bond acceptors (Lipinski definition) is 4. The van der Waals surface area contributed by atoms with E-state index in [1.54, 1.807) is 0 Å². The van der Waals surface area contributed by atoms with Gasteiger partial charge in [-0.3, -0.25) is 4.98 Å². The van der Waals surface area contributed by atoms with Crippen molar-refractivity contribution in [3.63, 3.8) is 0 Å². The smallest absolute Gasteiger partial charge is 0.0953 e. The molecule has 0 aliphatic carbocycles. The average Bonchev–Trinajstić information content (AvgIpc) is 3.25. The van der Waals surface area contributed by atoms with E-state index >= 15 is 0 Å². The van der Waals surface area contributed by atoms with E-state index in [0.717, 1.165) is 6.42 Å². The minimum Gasteiger partial charge on any atom is -0.261 e. The molecule has 0 N–H and O–H groups in total. The molecule has 3 heterocycles. The van der Waals surface area contributed by atoms with Gasteiger partial charge in [0.25, 0.3) is 0 Å². The quantitative estimate of drug-likeness (QED) is 0.502. The molecule has 3 rings (SSSR count). The summed E-state index contributed by atoms with van der Waals surface area (Å²) >= 11 is 3.71. The lowest BCUT2D eigenvalue weighted by molar-refractivity contribution is 0.666. The topological polar surface area (TPSA) is 25.8 Å². The molecule has 0 aliphatic heterocycles. The second-order valence-corrected chi connectivity index (χ2v) is 9.49. The highest BCUT2D eigenvalue weighted by atomic mass is 32.1. The lowest BCUT2D eigenvalue weighted by atomic mass is 9.89. The Morgan fingerprint density at radius 3 is 2.52 bits per heavy atom. The Balaban J connectivity index is 1.77. The molecule has 0 aromatic carbocycles. The standard InChI is InChI=1S/C21H26N2S2/c1-14(2)20-23-12-19(25-20)21(4,5)18-11-16(13-24-18)10-15(3)17-8-6-7-9-22-17/h6-9,11-15H,10H2,1-5H3. The second kappa shape index (κ2) is 7.38. The number of aromatic nitrogens is 2. The van der Waals surface area contributed by atoms with Gasteiger partial charge < -0.3 is 0 Å². The van der Waals surface area contributed by atoms with Gasteiger partial charge in [0.15, 0.2) is 0 Å². The van der Waals surface area contributed by atoms with E-state index in [0.29, 0.717) is 11.8 Å². The van der Waals surface area contributed by atoms with Crippen molar-refractivity contribution in [1.82, 2.24) is 9.97 Å². The fourth-order valence-corrected chi connectivity index (χ4v) is 5.07. The van der Waals surface area contributed by atoms with Gasteiger partial charge in [0, 0.05) is 45.1 Å². The maximum absolute atomic E-state index is 4.62. The fraction of sp³-hybridized carbons (Fsp3) is 0.429. The summed E-state index contributed by atoms with van der Waals surface area (Å²) in [4.78, 5) is 11.9. The molecule has 132 valence electrons. The Bertz CT molecular complexity index is 815. The van der Waals surface area contributed by atoms with E-state index in [-0.39, 0.29) is 5.41 Å². The van der Waals surface area contributed by atoms with Crippen LogP contribution in [0.1, 0.15) is 72.5 Å². The van der Waals surface area contributed by atoms with Crippen LogP contribution < -0.4 is 0 Å². The highest BCUT2D eigenvalue weighted by Gasteiger charge is 2.28. The van der Waals surface area contributed by atoms with Crippen LogP contribution in [0.25, 0.3) is 0 Å². The Kier molecular flexibility index (Phi) is 5.40. The molecule has 0 fully saturated rings. The van der Waals surface area contributed by atoms with Gasteiger partial charge in [-0.25, -0.2) is 4.98 Å².